The van der Waals surface area contributed by atoms with Gasteiger partial charge in [-0.3, -0.25) is 4.79 Å². The topological polar surface area (TPSA) is 33.2 Å². The average Bonchev–Trinajstić information content (AvgIpc) is 3.29. The molecule has 22 heavy (non-hydrogen) atoms. The summed E-state index contributed by atoms with van der Waals surface area (Å²) in [7, 11) is 0. The highest BCUT2D eigenvalue weighted by Gasteiger charge is 2.42. The fraction of sp³-hybridized carbons (Fsp3) is 0.333. The third kappa shape index (κ3) is 2.42. The van der Waals surface area contributed by atoms with E-state index in [1.807, 2.05) is 30.3 Å². The molecule has 2 bridgehead atoms. The Labute approximate surface area is 134 Å². The van der Waals surface area contributed by atoms with E-state index in [2.05, 4.69) is 21.7 Å². The lowest BCUT2D eigenvalue weighted by Gasteiger charge is -2.20. The minimum atomic E-state index is 0.148. The summed E-state index contributed by atoms with van der Waals surface area (Å²) in [5.74, 6) is 6.29. The Bertz CT molecular complexity index is 736. The summed E-state index contributed by atoms with van der Waals surface area (Å²) < 4.78 is 0. The lowest BCUT2D eigenvalue weighted by Crippen LogP contribution is -2.34. The highest BCUT2D eigenvalue weighted by molar-refractivity contribution is 7.14. The van der Waals surface area contributed by atoms with Crippen molar-refractivity contribution < 1.29 is 4.79 Å². The van der Waals surface area contributed by atoms with Gasteiger partial charge < -0.3 is 4.90 Å². The molecule has 1 aromatic carbocycles. The molecule has 0 aliphatic carbocycles. The van der Waals surface area contributed by atoms with Crippen molar-refractivity contribution in [1.29, 1.82) is 0 Å². The molecule has 0 N–H and O–H groups in total. The van der Waals surface area contributed by atoms with E-state index in [1.165, 1.54) is 11.3 Å². The number of nitrogens with zero attached hydrogens (tertiary/aromatic N) is 2. The Hall–Kier alpha value is -2.12. The Balaban J connectivity index is 1.52. The fourth-order valence-corrected chi connectivity index (χ4v) is 4.16. The summed E-state index contributed by atoms with van der Waals surface area (Å²) in [6, 6.07) is 10.7. The van der Waals surface area contributed by atoms with Crippen LogP contribution in [0.1, 0.15) is 45.9 Å². The lowest BCUT2D eigenvalue weighted by molar-refractivity contribution is 0.0734. The second kappa shape index (κ2) is 5.58. The number of rotatable bonds is 1. The number of fused-ring (bicyclic) bond motifs is 2. The van der Waals surface area contributed by atoms with Gasteiger partial charge in [-0.05, 0) is 43.7 Å². The summed E-state index contributed by atoms with van der Waals surface area (Å²) in [5.41, 5.74) is 0.961. The maximum atomic E-state index is 12.6. The van der Waals surface area contributed by atoms with Gasteiger partial charge in [0.1, 0.15) is 4.88 Å². The molecular formula is C18H16N2OS. The van der Waals surface area contributed by atoms with Crippen LogP contribution in [0.2, 0.25) is 0 Å². The summed E-state index contributed by atoms with van der Waals surface area (Å²) in [4.78, 5) is 19.7. The second-order valence-corrected chi connectivity index (χ2v) is 6.85. The number of thiazole rings is 1. The van der Waals surface area contributed by atoms with Crippen molar-refractivity contribution in [2.45, 2.75) is 37.8 Å². The summed E-state index contributed by atoms with van der Waals surface area (Å²) in [5, 5.41) is 0.707. The molecule has 0 spiro atoms. The zero-order valence-corrected chi connectivity index (χ0v) is 13.0. The fourth-order valence-electron chi connectivity index (χ4n) is 3.45. The molecule has 0 atom stereocenters. The summed E-state index contributed by atoms with van der Waals surface area (Å²) in [6.07, 6.45) is 6.33. The first kappa shape index (κ1) is 13.5. The Kier molecular flexibility index (Phi) is 3.44. The third-order valence-corrected chi connectivity index (χ3v) is 5.39. The van der Waals surface area contributed by atoms with Crippen LogP contribution in [0.4, 0.5) is 0 Å². The van der Waals surface area contributed by atoms with E-state index in [4.69, 9.17) is 0 Å². The van der Waals surface area contributed by atoms with Crippen molar-refractivity contribution in [2.75, 3.05) is 0 Å². The predicted octanol–water partition coefficient (Wildman–Crippen LogP) is 3.31. The number of amides is 1. The molecule has 1 amide bonds. The first-order valence-corrected chi connectivity index (χ1v) is 8.48. The van der Waals surface area contributed by atoms with Crippen LogP contribution >= 0.6 is 11.3 Å². The van der Waals surface area contributed by atoms with E-state index in [-0.39, 0.29) is 5.91 Å². The van der Waals surface area contributed by atoms with Gasteiger partial charge in [0, 0.05) is 17.6 Å². The number of hydrogen-bond acceptors (Lipinski definition) is 3. The van der Waals surface area contributed by atoms with Crippen LogP contribution in [0.3, 0.4) is 0 Å². The first-order valence-electron chi connectivity index (χ1n) is 7.67. The van der Waals surface area contributed by atoms with Crippen LogP contribution in [0, 0.1) is 11.8 Å². The van der Waals surface area contributed by atoms with Crippen LogP contribution in [0.5, 0.6) is 0 Å². The van der Waals surface area contributed by atoms with E-state index in [0.29, 0.717) is 17.1 Å². The number of aromatic nitrogens is 1. The van der Waals surface area contributed by atoms with Gasteiger partial charge >= 0.3 is 0 Å². The van der Waals surface area contributed by atoms with Crippen molar-refractivity contribution in [3.63, 3.8) is 0 Å². The Morgan fingerprint density at radius 3 is 2.45 bits per heavy atom. The molecule has 0 unspecified atom stereocenters. The molecule has 3 heterocycles. The van der Waals surface area contributed by atoms with Crippen LogP contribution in [0.15, 0.2) is 36.5 Å². The molecule has 2 aromatic rings. The molecule has 2 aliphatic heterocycles. The maximum Gasteiger partial charge on any atom is 0.266 e. The molecule has 4 rings (SSSR count). The smallest absolute Gasteiger partial charge is 0.266 e. The van der Waals surface area contributed by atoms with Gasteiger partial charge in [0.05, 0.1) is 6.20 Å². The summed E-state index contributed by atoms with van der Waals surface area (Å²) in [6.45, 7) is 0. The van der Waals surface area contributed by atoms with Crippen LogP contribution in [-0.2, 0) is 0 Å². The van der Waals surface area contributed by atoms with Gasteiger partial charge in [0.2, 0.25) is 0 Å². The average molecular weight is 308 g/mol. The van der Waals surface area contributed by atoms with E-state index in [9.17, 15) is 4.79 Å². The molecule has 110 valence electrons. The molecular weight excluding hydrogens is 292 g/mol. The van der Waals surface area contributed by atoms with Gasteiger partial charge in [-0.2, -0.15) is 0 Å². The summed E-state index contributed by atoms with van der Waals surface area (Å²) >= 11 is 1.40. The lowest BCUT2D eigenvalue weighted by atomic mass is 10.0. The van der Waals surface area contributed by atoms with Gasteiger partial charge in [0.15, 0.2) is 5.01 Å². The predicted molar refractivity (Wildman–Crippen MR) is 86.7 cm³/mol. The number of carbonyl (C=O) groups excluding carboxylic acids is 1. The van der Waals surface area contributed by atoms with E-state index < -0.39 is 0 Å². The standard InChI is InChI=1S/C18H16N2OS/c21-18(20-14-7-8-15(20)10-9-14)16-12-19-17(22-16)11-6-13-4-2-1-3-5-13/h1-5,12,14-15H,7-10H2. The highest BCUT2D eigenvalue weighted by atomic mass is 32.1. The van der Waals surface area contributed by atoms with Crippen molar-refractivity contribution in [1.82, 2.24) is 9.88 Å². The molecule has 3 nitrogen and oxygen atoms in total. The van der Waals surface area contributed by atoms with Crippen LogP contribution in [0.25, 0.3) is 0 Å². The Morgan fingerprint density at radius 2 is 1.77 bits per heavy atom. The number of carbonyl (C=O) groups is 1. The van der Waals surface area contributed by atoms with E-state index >= 15 is 0 Å². The molecule has 2 fully saturated rings. The second-order valence-electron chi connectivity index (χ2n) is 5.82. The van der Waals surface area contributed by atoms with E-state index in [1.54, 1.807) is 6.20 Å². The molecule has 4 heteroatoms. The largest absolute Gasteiger partial charge is 0.332 e. The SMILES string of the molecule is O=C(c1cnc(C#Cc2ccccc2)s1)N1C2CCC1CC2. The zero-order valence-electron chi connectivity index (χ0n) is 12.2. The van der Waals surface area contributed by atoms with Crippen LogP contribution in [-0.4, -0.2) is 27.9 Å². The molecule has 2 saturated heterocycles. The zero-order chi connectivity index (χ0) is 14.9. The van der Waals surface area contributed by atoms with Crippen molar-refractivity contribution >= 4 is 17.2 Å². The minimum Gasteiger partial charge on any atom is -0.332 e. The molecule has 2 aliphatic rings. The quantitative estimate of drug-likeness (QED) is 0.757. The van der Waals surface area contributed by atoms with Crippen molar-refractivity contribution in [3.05, 3.63) is 52.0 Å². The van der Waals surface area contributed by atoms with Gasteiger partial charge in [-0.1, -0.05) is 24.1 Å². The third-order valence-electron chi connectivity index (χ3n) is 4.49. The molecule has 0 saturated carbocycles. The number of hydrogen-bond donors (Lipinski definition) is 0. The maximum absolute atomic E-state index is 12.6. The minimum absolute atomic E-state index is 0.148. The normalized spacial score (nSPS) is 22.5. The highest BCUT2D eigenvalue weighted by Crippen LogP contribution is 2.38. The van der Waals surface area contributed by atoms with Gasteiger partial charge in [-0.25, -0.2) is 4.98 Å². The molecule has 0 radical (unpaired) electrons. The van der Waals surface area contributed by atoms with Crippen molar-refractivity contribution in [2.24, 2.45) is 0 Å². The van der Waals surface area contributed by atoms with E-state index in [0.717, 1.165) is 36.1 Å². The monoisotopic (exact) mass is 308 g/mol. The van der Waals surface area contributed by atoms with Crippen LogP contribution < -0.4 is 0 Å². The number of benzene rings is 1. The van der Waals surface area contributed by atoms with Gasteiger partial charge in [0.25, 0.3) is 5.91 Å². The van der Waals surface area contributed by atoms with Crippen molar-refractivity contribution in [3.8, 4) is 11.8 Å². The first-order chi connectivity index (χ1) is 10.8. The Morgan fingerprint density at radius 1 is 1.09 bits per heavy atom. The van der Waals surface area contributed by atoms with Gasteiger partial charge in [-0.15, -0.1) is 11.3 Å². The molecule has 1 aromatic heterocycles.